The fraction of sp³-hybridized carbons (Fsp3) is 0.300. The molecule has 0 aromatic heterocycles. The molecule has 0 fully saturated rings. The number of carbonyl (C=O) groups excluding carboxylic acids is 2. The number of hydrogen-bond acceptors (Lipinski definition) is 3. The lowest BCUT2D eigenvalue weighted by atomic mass is 10.1. The number of nitrogens with one attached hydrogen (secondary N) is 2. The average Bonchev–Trinajstić information content (AvgIpc) is 2.55. The number of benzene rings is 2. The van der Waals surface area contributed by atoms with E-state index in [-0.39, 0.29) is 24.9 Å². The summed E-state index contributed by atoms with van der Waals surface area (Å²) in [5.74, 6) is -0.356. The van der Waals surface area contributed by atoms with Gasteiger partial charge in [-0.3, -0.25) is 14.5 Å². The molecule has 0 aliphatic heterocycles. The second kappa shape index (κ2) is 8.83. The fourth-order valence-corrected chi connectivity index (χ4v) is 2.71. The minimum Gasteiger partial charge on any atom is -0.325 e. The minimum absolute atomic E-state index is 0.103. The van der Waals surface area contributed by atoms with Crippen molar-refractivity contribution < 1.29 is 9.59 Å². The van der Waals surface area contributed by atoms with Crippen molar-refractivity contribution in [3.8, 4) is 0 Å². The number of hydrogen-bond donors (Lipinski definition) is 2. The van der Waals surface area contributed by atoms with E-state index in [1.807, 2.05) is 45.0 Å². The van der Waals surface area contributed by atoms with Crippen LogP contribution in [0.2, 0.25) is 5.02 Å². The van der Waals surface area contributed by atoms with E-state index in [0.29, 0.717) is 10.7 Å². The summed E-state index contributed by atoms with van der Waals surface area (Å²) in [4.78, 5) is 26.1. The van der Waals surface area contributed by atoms with E-state index < -0.39 is 0 Å². The quantitative estimate of drug-likeness (QED) is 0.810. The highest BCUT2D eigenvalue weighted by molar-refractivity contribution is 6.31. The van der Waals surface area contributed by atoms with Crippen molar-refractivity contribution in [3.05, 3.63) is 58.1 Å². The van der Waals surface area contributed by atoms with Crippen LogP contribution < -0.4 is 10.6 Å². The molecule has 0 unspecified atom stereocenters. The van der Waals surface area contributed by atoms with Gasteiger partial charge in [0, 0.05) is 16.4 Å². The predicted molar refractivity (Wildman–Crippen MR) is 107 cm³/mol. The van der Waals surface area contributed by atoms with Gasteiger partial charge in [0.1, 0.15) is 0 Å². The van der Waals surface area contributed by atoms with Crippen LogP contribution in [0.3, 0.4) is 0 Å². The summed E-state index contributed by atoms with van der Waals surface area (Å²) < 4.78 is 0. The first kappa shape index (κ1) is 19.9. The summed E-state index contributed by atoms with van der Waals surface area (Å²) in [6.45, 7) is 6.09. The monoisotopic (exact) mass is 373 g/mol. The first-order chi connectivity index (χ1) is 12.3. The van der Waals surface area contributed by atoms with Crippen molar-refractivity contribution in [1.82, 2.24) is 4.90 Å². The van der Waals surface area contributed by atoms with Gasteiger partial charge in [0.15, 0.2) is 0 Å². The standard InChI is InChI=1S/C20H24ClN3O2/c1-13-6-5-7-17(15(13)3)22-19(25)11-24(4)12-20(26)23-18-10-16(21)9-8-14(18)2/h5-10H,11-12H2,1-4H3,(H,22,25)(H,23,26). The molecule has 0 saturated carbocycles. The number of rotatable bonds is 6. The molecule has 2 N–H and O–H groups in total. The van der Waals surface area contributed by atoms with Crippen LogP contribution >= 0.6 is 11.6 Å². The first-order valence-corrected chi connectivity index (χ1v) is 8.74. The van der Waals surface area contributed by atoms with Crippen molar-refractivity contribution in [2.45, 2.75) is 20.8 Å². The van der Waals surface area contributed by atoms with Crippen LogP contribution in [-0.4, -0.2) is 36.9 Å². The largest absolute Gasteiger partial charge is 0.325 e. The molecular formula is C20H24ClN3O2. The summed E-state index contributed by atoms with van der Waals surface area (Å²) in [6.07, 6.45) is 0. The highest BCUT2D eigenvalue weighted by atomic mass is 35.5. The van der Waals surface area contributed by atoms with Gasteiger partial charge < -0.3 is 10.6 Å². The highest BCUT2D eigenvalue weighted by Gasteiger charge is 2.13. The summed E-state index contributed by atoms with van der Waals surface area (Å²) in [5, 5.41) is 6.28. The maximum absolute atomic E-state index is 12.2. The Balaban J connectivity index is 1.88. The molecule has 0 bridgehead atoms. The maximum Gasteiger partial charge on any atom is 0.238 e. The lowest BCUT2D eigenvalue weighted by molar-refractivity contribution is -0.119. The van der Waals surface area contributed by atoms with E-state index in [4.69, 9.17) is 11.6 Å². The summed E-state index contributed by atoms with van der Waals surface area (Å²) in [5.41, 5.74) is 4.56. The van der Waals surface area contributed by atoms with Gasteiger partial charge in [0.05, 0.1) is 13.1 Å². The number of nitrogens with zero attached hydrogens (tertiary/aromatic N) is 1. The Hall–Kier alpha value is -2.37. The van der Waals surface area contributed by atoms with Gasteiger partial charge in [-0.25, -0.2) is 0 Å². The molecule has 2 aromatic rings. The lowest BCUT2D eigenvalue weighted by Gasteiger charge is -2.17. The SMILES string of the molecule is Cc1ccc(Cl)cc1NC(=O)CN(C)CC(=O)Nc1cccc(C)c1C. The van der Waals surface area contributed by atoms with Gasteiger partial charge >= 0.3 is 0 Å². The van der Waals surface area contributed by atoms with Crippen LogP contribution in [-0.2, 0) is 9.59 Å². The number of anilines is 2. The summed E-state index contributed by atoms with van der Waals surface area (Å²) in [7, 11) is 1.73. The molecule has 6 heteroatoms. The number of halogens is 1. The molecule has 26 heavy (non-hydrogen) atoms. The van der Waals surface area contributed by atoms with Crippen molar-refractivity contribution in [2.75, 3.05) is 30.8 Å². The minimum atomic E-state index is -0.197. The molecule has 0 atom stereocenters. The van der Waals surface area contributed by atoms with Crippen molar-refractivity contribution in [3.63, 3.8) is 0 Å². The van der Waals surface area contributed by atoms with Crippen molar-refractivity contribution in [1.29, 1.82) is 0 Å². The zero-order valence-corrected chi connectivity index (χ0v) is 16.3. The van der Waals surface area contributed by atoms with E-state index in [1.54, 1.807) is 24.1 Å². The Bertz CT molecular complexity index is 803. The smallest absolute Gasteiger partial charge is 0.238 e. The molecule has 5 nitrogen and oxygen atoms in total. The van der Waals surface area contributed by atoms with Gasteiger partial charge in [-0.1, -0.05) is 29.8 Å². The van der Waals surface area contributed by atoms with Crippen LogP contribution in [0.1, 0.15) is 16.7 Å². The second-order valence-electron chi connectivity index (χ2n) is 6.48. The predicted octanol–water partition coefficient (Wildman–Crippen LogP) is 3.77. The lowest BCUT2D eigenvalue weighted by Crippen LogP contribution is -2.36. The Morgan fingerprint density at radius 1 is 0.923 bits per heavy atom. The van der Waals surface area contributed by atoms with Crippen molar-refractivity contribution >= 4 is 34.8 Å². The zero-order valence-electron chi connectivity index (χ0n) is 15.5. The molecule has 0 spiro atoms. The van der Waals surface area contributed by atoms with Gasteiger partial charge in [-0.15, -0.1) is 0 Å². The van der Waals surface area contributed by atoms with E-state index >= 15 is 0 Å². The molecule has 0 radical (unpaired) electrons. The summed E-state index contributed by atoms with van der Waals surface area (Å²) >= 11 is 5.96. The fourth-order valence-electron chi connectivity index (χ4n) is 2.54. The van der Waals surface area contributed by atoms with Crippen LogP contribution in [0.5, 0.6) is 0 Å². The molecule has 138 valence electrons. The molecule has 0 heterocycles. The molecule has 2 rings (SSSR count). The normalized spacial score (nSPS) is 10.7. The Morgan fingerprint density at radius 3 is 2.19 bits per heavy atom. The van der Waals surface area contributed by atoms with Crippen LogP contribution in [0.25, 0.3) is 0 Å². The highest BCUT2D eigenvalue weighted by Crippen LogP contribution is 2.20. The molecule has 0 saturated heterocycles. The van der Waals surface area contributed by atoms with E-state index in [1.165, 1.54) is 0 Å². The van der Waals surface area contributed by atoms with Crippen LogP contribution in [0.4, 0.5) is 11.4 Å². The van der Waals surface area contributed by atoms with Crippen LogP contribution in [0, 0.1) is 20.8 Å². The topological polar surface area (TPSA) is 61.4 Å². The number of carbonyl (C=O) groups is 2. The maximum atomic E-state index is 12.2. The number of likely N-dealkylation sites (N-methyl/N-ethyl adjacent to an activating group) is 1. The van der Waals surface area contributed by atoms with E-state index in [9.17, 15) is 9.59 Å². The molecule has 0 aliphatic rings. The molecular weight excluding hydrogens is 350 g/mol. The average molecular weight is 374 g/mol. The van der Waals surface area contributed by atoms with Gasteiger partial charge in [-0.05, 0) is 62.7 Å². The van der Waals surface area contributed by atoms with E-state index in [0.717, 1.165) is 22.4 Å². The van der Waals surface area contributed by atoms with Crippen LogP contribution in [0.15, 0.2) is 36.4 Å². The van der Waals surface area contributed by atoms with Gasteiger partial charge in [-0.2, -0.15) is 0 Å². The third-order valence-corrected chi connectivity index (χ3v) is 4.41. The second-order valence-corrected chi connectivity index (χ2v) is 6.91. The third kappa shape index (κ3) is 5.58. The number of amides is 2. The van der Waals surface area contributed by atoms with Crippen molar-refractivity contribution in [2.24, 2.45) is 0 Å². The van der Waals surface area contributed by atoms with Gasteiger partial charge in [0.2, 0.25) is 11.8 Å². The first-order valence-electron chi connectivity index (χ1n) is 8.37. The number of aryl methyl sites for hydroxylation is 2. The Labute approximate surface area is 159 Å². The third-order valence-electron chi connectivity index (χ3n) is 4.18. The van der Waals surface area contributed by atoms with E-state index in [2.05, 4.69) is 10.6 Å². The molecule has 0 aliphatic carbocycles. The Kier molecular flexibility index (Phi) is 6.77. The van der Waals surface area contributed by atoms with Gasteiger partial charge in [0.25, 0.3) is 0 Å². The zero-order chi connectivity index (χ0) is 19.3. The summed E-state index contributed by atoms with van der Waals surface area (Å²) in [6, 6.07) is 11.1. The molecule has 2 aromatic carbocycles. The molecule has 2 amide bonds. The Morgan fingerprint density at radius 2 is 1.54 bits per heavy atom.